The van der Waals surface area contributed by atoms with Gasteiger partial charge in [-0.15, -0.1) is 0 Å². The molecule has 2 fully saturated rings. The number of hydrogen-bond donors (Lipinski definition) is 2. The Morgan fingerprint density at radius 3 is 2.43 bits per heavy atom. The molecular formula is C22H35N5O3. The topological polar surface area (TPSA) is 107 Å². The van der Waals surface area contributed by atoms with E-state index in [-0.39, 0.29) is 18.8 Å². The number of aryl methyl sites for hydroxylation is 1. The highest BCUT2D eigenvalue weighted by Crippen LogP contribution is 2.28. The van der Waals surface area contributed by atoms with E-state index in [0.717, 1.165) is 30.8 Å². The predicted molar refractivity (Wildman–Crippen MR) is 116 cm³/mol. The Kier molecular flexibility index (Phi) is 7.42. The third-order valence-corrected chi connectivity index (χ3v) is 6.05. The normalized spacial score (nSPS) is 17.9. The van der Waals surface area contributed by atoms with E-state index < -0.39 is 0 Å². The number of nitrogens with zero attached hydrogens (tertiary/aromatic N) is 3. The van der Waals surface area contributed by atoms with Gasteiger partial charge in [-0.05, 0) is 63.5 Å². The highest BCUT2D eigenvalue weighted by molar-refractivity contribution is 5.68. The fourth-order valence-corrected chi connectivity index (χ4v) is 3.90. The van der Waals surface area contributed by atoms with Gasteiger partial charge in [0, 0.05) is 20.6 Å². The average molecular weight is 418 g/mol. The molecule has 0 unspecified atom stereocenters. The molecule has 8 nitrogen and oxygen atoms in total. The molecule has 0 aromatic carbocycles. The van der Waals surface area contributed by atoms with Crippen molar-refractivity contribution in [1.82, 2.24) is 14.9 Å². The highest BCUT2D eigenvalue weighted by Gasteiger charge is 2.23. The van der Waals surface area contributed by atoms with Crippen LogP contribution in [0.25, 0.3) is 5.70 Å². The number of nitrogens with two attached hydrogens (primary N) is 2. The van der Waals surface area contributed by atoms with Crippen LogP contribution >= 0.6 is 0 Å². The zero-order chi connectivity index (χ0) is 21.7. The number of likely N-dealkylation sites (N-methyl/N-ethyl adjacent to an activating group) is 1. The van der Waals surface area contributed by atoms with Gasteiger partial charge in [-0.3, -0.25) is 0 Å². The summed E-state index contributed by atoms with van der Waals surface area (Å²) in [5.74, 6) is 7.33. The SMILES string of the molecule is Cc1nc(/C(N)=C(\COC(=O)N(C)CC2CCC2)N(C)N)ccc1OC1CCCC1. The van der Waals surface area contributed by atoms with Gasteiger partial charge >= 0.3 is 6.09 Å². The highest BCUT2D eigenvalue weighted by atomic mass is 16.6. The first-order valence-electron chi connectivity index (χ1n) is 10.8. The maximum absolute atomic E-state index is 12.3. The maximum Gasteiger partial charge on any atom is 0.409 e. The van der Waals surface area contributed by atoms with Gasteiger partial charge in [0.15, 0.2) is 0 Å². The molecule has 2 aliphatic carbocycles. The summed E-state index contributed by atoms with van der Waals surface area (Å²) in [5, 5.41) is 1.37. The summed E-state index contributed by atoms with van der Waals surface area (Å²) < 4.78 is 11.5. The summed E-state index contributed by atoms with van der Waals surface area (Å²) in [5.41, 5.74) is 8.58. The molecule has 0 atom stereocenters. The molecule has 4 N–H and O–H groups in total. The minimum atomic E-state index is -0.376. The lowest BCUT2D eigenvalue weighted by Crippen LogP contribution is -2.37. The molecule has 0 spiro atoms. The third-order valence-electron chi connectivity index (χ3n) is 6.05. The number of carbonyl (C=O) groups is 1. The molecule has 1 amide bonds. The monoisotopic (exact) mass is 417 g/mol. The largest absolute Gasteiger partial charge is 0.489 e. The second-order valence-electron chi connectivity index (χ2n) is 8.51. The van der Waals surface area contributed by atoms with Crippen LogP contribution in [0.3, 0.4) is 0 Å². The van der Waals surface area contributed by atoms with E-state index in [9.17, 15) is 4.79 Å². The molecule has 0 saturated heterocycles. The summed E-state index contributed by atoms with van der Waals surface area (Å²) in [4.78, 5) is 18.5. The number of pyridine rings is 1. The lowest BCUT2D eigenvalue weighted by atomic mass is 9.85. The first kappa shape index (κ1) is 22.2. The van der Waals surface area contributed by atoms with E-state index in [2.05, 4.69) is 4.98 Å². The molecule has 8 heteroatoms. The molecule has 166 valence electrons. The Bertz CT molecular complexity index is 770. The average Bonchev–Trinajstić information content (AvgIpc) is 3.18. The lowest BCUT2D eigenvalue weighted by Gasteiger charge is -2.30. The first-order chi connectivity index (χ1) is 14.3. The predicted octanol–water partition coefficient (Wildman–Crippen LogP) is 3.01. The van der Waals surface area contributed by atoms with Crippen molar-refractivity contribution in [3.8, 4) is 5.75 Å². The van der Waals surface area contributed by atoms with Gasteiger partial charge in [0.25, 0.3) is 0 Å². The van der Waals surface area contributed by atoms with Gasteiger partial charge in [-0.2, -0.15) is 0 Å². The van der Waals surface area contributed by atoms with Crippen LogP contribution in [0, 0.1) is 12.8 Å². The Balaban J connectivity index is 1.65. The second kappa shape index (κ2) is 10.0. The zero-order valence-electron chi connectivity index (χ0n) is 18.4. The van der Waals surface area contributed by atoms with Crippen molar-refractivity contribution in [1.29, 1.82) is 0 Å². The Morgan fingerprint density at radius 1 is 1.17 bits per heavy atom. The molecule has 0 aliphatic heterocycles. The molecule has 1 aromatic heterocycles. The van der Waals surface area contributed by atoms with E-state index >= 15 is 0 Å². The number of aromatic nitrogens is 1. The van der Waals surface area contributed by atoms with Gasteiger partial charge in [0.05, 0.1) is 28.9 Å². The lowest BCUT2D eigenvalue weighted by molar-refractivity contribution is 0.101. The van der Waals surface area contributed by atoms with Crippen molar-refractivity contribution in [2.24, 2.45) is 17.5 Å². The van der Waals surface area contributed by atoms with Crippen molar-refractivity contribution < 1.29 is 14.3 Å². The van der Waals surface area contributed by atoms with Crippen molar-refractivity contribution in [2.75, 3.05) is 27.2 Å². The number of amides is 1. The molecule has 0 radical (unpaired) electrons. The van der Waals surface area contributed by atoms with Crippen LogP contribution in [0.15, 0.2) is 17.8 Å². The number of ether oxygens (including phenoxy) is 2. The summed E-state index contributed by atoms with van der Waals surface area (Å²) in [6.07, 6.45) is 8.09. The molecule has 2 aliphatic rings. The molecule has 1 heterocycles. The maximum atomic E-state index is 12.3. The summed E-state index contributed by atoms with van der Waals surface area (Å²) in [6, 6.07) is 3.72. The van der Waals surface area contributed by atoms with Crippen LogP contribution in [-0.4, -0.2) is 54.3 Å². The van der Waals surface area contributed by atoms with Crippen LogP contribution in [0.5, 0.6) is 5.75 Å². The van der Waals surface area contributed by atoms with E-state index in [1.165, 1.54) is 37.1 Å². The number of carbonyl (C=O) groups excluding carboxylic acids is 1. The zero-order valence-corrected chi connectivity index (χ0v) is 18.4. The quantitative estimate of drug-likeness (QED) is 0.494. The van der Waals surface area contributed by atoms with E-state index in [4.69, 9.17) is 21.1 Å². The van der Waals surface area contributed by atoms with Gasteiger partial charge in [0.1, 0.15) is 12.4 Å². The van der Waals surface area contributed by atoms with Gasteiger partial charge < -0.3 is 25.1 Å². The van der Waals surface area contributed by atoms with Crippen LogP contribution in [0.4, 0.5) is 4.79 Å². The van der Waals surface area contributed by atoms with Gasteiger partial charge in [0.2, 0.25) is 0 Å². The number of hydrazine groups is 1. The number of hydrogen-bond acceptors (Lipinski definition) is 7. The molecule has 2 saturated carbocycles. The van der Waals surface area contributed by atoms with Crippen molar-refractivity contribution in [3.63, 3.8) is 0 Å². The third kappa shape index (κ3) is 5.56. The minimum absolute atomic E-state index is 0.0201. The summed E-state index contributed by atoms with van der Waals surface area (Å²) in [6.45, 7) is 2.60. The first-order valence-corrected chi connectivity index (χ1v) is 10.8. The second-order valence-corrected chi connectivity index (χ2v) is 8.51. The van der Waals surface area contributed by atoms with Gasteiger partial charge in [-0.25, -0.2) is 15.6 Å². The smallest absolute Gasteiger partial charge is 0.409 e. The van der Waals surface area contributed by atoms with Crippen LogP contribution < -0.4 is 16.3 Å². The molecule has 30 heavy (non-hydrogen) atoms. The molecule has 3 rings (SSSR count). The van der Waals surface area contributed by atoms with Crippen molar-refractivity contribution in [2.45, 2.75) is 58.0 Å². The van der Waals surface area contributed by atoms with E-state index in [0.29, 0.717) is 23.0 Å². The Morgan fingerprint density at radius 2 is 1.87 bits per heavy atom. The Labute approximate surface area is 179 Å². The fraction of sp³-hybridized carbons (Fsp3) is 0.636. The van der Waals surface area contributed by atoms with Crippen LogP contribution in [-0.2, 0) is 4.74 Å². The molecular weight excluding hydrogens is 382 g/mol. The Hall–Kier alpha value is -2.48. The standard InChI is InChI=1S/C22H35N5O3/c1-15-20(30-17-9-4-5-10-17)12-11-18(25-15)21(23)19(27(3)24)14-29-22(28)26(2)13-16-7-6-8-16/h11-12,16-17H,4-10,13-14,23-24H2,1-3H3/b21-19-. The van der Waals surface area contributed by atoms with Gasteiger partial charge in [-0.1, -0.05) is 6.42 Å². The molecule has 0 bridgehead atoms. The van der Waals surface area contributed by atoms with E-state index in [1.807, 2.05) is 19.1 Å². The molecule has 1 aromatic rings. The fourth-order valence-electron chi connectivity index (χ4n) is 3.90. The van der Waals surface area contributed by atoms with Crippen LogP contribution in [0.1, 0.15) is 56.3 Å². The van der Waals surface area contributed by atoms with Crippen LogP contribution in [0.2, 0.25) is 0 Å². The van der Waals surface area contributed by atoms with Crippen molar-refractivity contribution >= 4 is 11.8 Å². The summed E-state index contributed by atoms with van der Waals surface area (Å²) in [7, 11) is 3.42. The number of rotatable bonds is 8. The minimum Gasteiger partial charge on any atom is -0.489 e. The van der Waals surface area contributed by atoms with E-state index in [1.54, 1.807) is 19.0 Å². The van der Waals surface area contributed by atoms with Crippen molar-refractivity contribution in [3.05, 3.63) is 29.2 Å². The summed E-state index contributed by atoms with van der Waals surface area (Å²) >= 11 is 0.